The van der Waals surface area contributed by atoms with Crippen molar-refractivity contribution in [3.63, 3.8) is 0 Å². The summed E-state index contributed by atoms with van der Waals surface area (Å²) in [6, 6.07) is 14.0. The van der Waals surface area contributed by atoms with Gasteiger partial charge in [0.1, 0.15) is 11.6 Å². The van der Waals surface area contributed by atoms with E-state index in [1.54, 1.807) is 12.1 Å². The molecule has 0 saturated carbocycles. The molecule has 4 rings (SSSR count). The van der Waals surface area contributed by atoms with E-state index in [0.29, 0.717) is 18.2 Å². The average Bonchev–Trinajstić information content (AvgIpc) is 3.06. The van der Waals surface area contributed by atoms with Crippen molar-refractivity contribution in [1.29, 1.82) is 0 Å². The Morgan fingerprint density at radius 1 is 1.19 bits per heavy atom. The van der Waals surface area contributed by atoms with Crippen molar-refractivity contribution in [2.24, 2.45) is 0 Å². The molecule has 134 valence electrons. The number of rotatable bonds is 4. The Kier molecular flexibility index (Phi) is 4.67. The molecule has 2 aromatic carbocycles. The van der Waals surface area contributed by atoms with E-state index >= 15 is 0 Å². The number of likely N-dealkylation sites (tertiary alicyclic amines) is 1. The number of aromatic nitrogens is 2. The second-order valence-electron chi connectivity index (χ2n) is 6.75. The Labute approximate surface area is 151 Å². The first-order valence-electron chi connectivity index (χ1n) is 8.90. The van der Waals surface area contributed by atoms with Crippen LogP contribution < -0.4 is 5.32 Å². The van der Waals surface area contributed by atoms with Crippen LogP contribution in [0.1, 0.15) is 24.6 Å². The lowest BCUT2D eigenvalue weighted by molar-refractivity contribution is -0.117. The zero-order chi connectivity index (χ0) is 17.9. The molecule has 0 bridgehead atoms. The number of H-pyrrole nitrogens is 1. The standard InChI is InChI=1S/C20H21FN4O/c21-15-4-3-5-16(12-15)22-19(26)13-25-10-8-14(9-11-25)20-23-17-6-1-2-7-18(17)24-20/h1-7,12,14H,8-11,13H2,(H,22,26)(H,23,24). The predicted molar refractivity (Wildman–Crippen MR) is 99.5 cm³/mol. The highest BCUT2D eigenvalue weighted by Crippen LogP contribution is 2.27. The summed E-state index contributed by atoms with van der Waals surface area (Å²) in [6.07, 6.45) is 1.93. The van der Waals surface area contributed by atoms with Crippen molar-refractivity contribution in [1.82, 2.24) is 14.9 Å². The van der Waals surface area contributed by atoms with Crippen LogP contribution in [0.2, 0.25) is 0 Å². The van der Waals surface area contributed by atoms with E-state index in [0.717, 1.165) is 42.8 Å². The first kappa shape index (κ1) is 16.7. The maximum Gasteiger partial charge on any atom is 0.238 e. The molecule has 2 N–H and O–H groups in total. The summed E-state index contributed by atoms with van der Waals surface area (Å²) in [5.41, 5.74) is 2.56. The number of nitrogens with one attached hydrogen (secondary N) is 2. The Bertz CT molecular complexity index is 882. The highest BCUT2D eigenvalue weighted by Gasteiger charge is 2.24. The molecule has 2 heterocycles. The minimum absolute atomic E-state index is 0.113. The van der Waals surface area contributed by atoms with Gasteiger partial charge >= 0.3 is 0 Å². The lowest BCUT2D eigenvalue weighted by Crippen LogP contribution is -2.38. The number of imidazole rings is 1. The van der Waals surface area contributed by atoms with Gasteiger partial charge in [0.05, 0.1) is 17.6 Å². The highest BCUT2D eigenvalue weighted by molar-refractivity contribution is 5.92. The van der Waals surface area contributed by atoms with E-state index in [2.05, 4.69) is 15.2 Å². The number of hydrogen-bond donors (Lipinski definition) is 2. The third kappa shape index (κ3) is 3.75. The van der Waals surface area contributed by atoms with Crippen molar-refractivity contribution in [2.75, 3.05) is 25.0 Å². The van der Waals surface area contributed by atoms with Gasteiger partial charge in [0.15, 0.2) is 0 Å². The number of anilines is 1. The van der Waals surface area contributed by atoms with Crippen molar-refractivity contribution >= 4 is 22.6 Å². The number of nitrogens with zero attached hydrogens (tertiary/aromatic N) is 2. The predicted octanol–water partition coefficient (Wildman–Crippen LogP) is 3.52. The first-order valence-corrected chi connectivity index (χ1v) is 8.90. The Morgan fingerprint density at radius 2 is 2.00 bits per heavy atom. The number of aromatic amines is 1. The number of carbonyl (C=O) groups is 1. The second kappa shape index (κ2) is 7.25. The number of fused-ring (bicyclic) bond motifs is 1. The first-order chi connectivity index (χ1) is 12.7. The highest BCUT2D eigenvalue weighted by atomic mass is 19.1. The molecule has 0 spiro atoms. The number of hydrogen-bond acceptors (Lipinski definition) is 3. The van der Waals surface area contributed by atoms with Crippen molar-refractivity contribution in [2.45, 2.75) is 18.8 Å². The van der Waals surface area contributed by atoms with Crippen molar-refractivity contribution in [3.05, 3.63) is 60.2 Å². The van der Waals surface area contributed by atoms with Crippen LogP contribution in [0.4, 0.5) is 10.1 Å². The van der Waals surface area contributed by atoms with Gasteiger partial charge in [0.2, 0.25) is 5.91 Å². The number of halogens is 1. The van der Waals surface area contributed by atoms with Gasteiger partial charge in [-0.2, -0.15) is 0 Å². The smallest absolute Gasteiger partial charge is 0.238 e. The van der Waals surface area contributed by atoms with Crippen LogP contribution >= 0.6 is 0 Å². The third-order valence-electron chi connectivity index (χ3n) is 4.86. The zero-order valence-corrected chi connectivity index (χ0v) is 14.4. The molecule has 1 fully saturated rings. The van der Waals surface area contributed by atoms with Gasteiger partial charge in [0.25, 0.3) is 0 Å². The lowest BCUT2D eigenvalue weighted by Gasteiger charge is -2.30. The quantitative estimate of drug-likeness (QED) is 0.755. The normalized spacial score (nSPS) is 16.0. The Morgan fingerprint density at radius 3 is 2.77 bits per heavy atom. The number of piperidine rings is 1. The number of carbonyl (C=O) groups excluding carboxylic acids is 1. The van der Waals surface area contributed by atoms with E-state index in [9.17, 15) is 9.18 Å². The monoisotopic (exact) mass is 352 g/mol. The van der Waals surface area contributed by atoms with Crippen LogP contribution in [0.3, 0.4) is 0 Å². The fourth-order valence-electron chi connectivity index (χ4n) is 3.50. The molecule has 1 aliphatic heterocycles. The van der Waals surface area contributed by atoms with Crippen LogP contribution in [0, 0.1) is 5.82 Å². The summed E-state index contributed by atoms with van der Waals surface area (Å²) >= 11 is 0. The molecule has 0 atom stereocenters. The molecule has 6 heteroatoms. The van der Waals surface area contributed by atoms with E-state index in [1.165, 1.54) is 12.1 Å². The molecule has 1 aromatic heterocycles. The van der Waals surface area contributed by atoms with Gasteiger partial charge in [-0.25, -0.2) is 9.37 Å². The molecular weight excluding hydrogens is 331 g/mol. The van der Waals surface area contributed by atoms with E-state index < -0.39 is 0 Å². The summed E-state index contributed by atoms with van der Waals surface area (Å²) in [7, 11) is 0. The second-order valence-corrected chi connectivity index (χ2v) is 6.75. The molecule has 1 amide bonds. The van der Waals surface area contributed by atoms with Crippen molar-refractivity contribution in [3.8, 4) is 0 Å². The van der Waals surface area contributed by atoms with Gasteiger partial charge in [-0.05, 0) is 56.3 Å². The average molecular weight is 352 g/mol. The Balaban J connectivity index is 1.31. The Hall–Kier alpha value is -2.73. The maximum absolute atomic E-state index is 13.2. The number of amides is 1. The van der Waals surface area contributed by atoms with Gasteiger partial charge in [-0.3, -0.25) is 9.69 Å². The van der Waals surface area contributed by atoms with Gasteiger partial charge < -0.3 is 10.3 Å². The summed E-state index contributed by atoms with van der Waals surface area (Å²) < 4.78 is 13.2. The van der Waals surface area contributed by atoms with Gasteiger partial charge in [0, 0.05) is 11.6 Å². The molecular formula is C20H21FN4O. The van der Waals surface area contributed by atoms with E-state index in [1.807, 2.05) is 24.3 Å². The summed E-state index contributed by atoms with van der Waals surface area (Å²) in [6.45, 7) is 2.01. The summed E-state index contributed by atoms with van der Waals surface area (Å²) in [4.78, 5) is 22.4. The van der Waals surface area contributed by atoms with Crippen LogP contribution in [0.15, 0.2) is 48.5 Å². The largest absolute Gasteiger partial charge is 0.342 e. The molecule has 3 aromatic rings. The SMILES string of the molecule is O=C(CN1CCC(c2nc3ccccc3[nH]2)CC1)Nc1cccc(F)c1. The topological polar surface area (TPSA) is 61.0 Å². The molecule has 0 aliphatic carbocycles. The minimum Gasteiger partial charge on any atom is -0.342 e. The van der Waals surface area contributed by atoms with Crippen LogP contribution in [-0.4, -0.2) is 40.4 Å². The molecule has 1 aliphatic rings. The molecule has 26 heavy (non-hydrogen) atoms. The lowest BCUT2D eigenvalue weighted by atomic mass is 9.96. The fourth-order valence-corrected chi connectivity index (χ4v) is 3.50. The van der Waals surface area contributed by atoms with Crippen LogP contribution in [0.25, 0.3) is 11.0 Å². The number of benzene rings is 2. The summed E-state index contributed by atoms with van der Waals surface area (Å²) in [5.74, 6) is 0.965. The summed E-state index contributed by atoms with van der Waals surface area (Å²) in [5, 5.41) is 2.75. The maximum atomic E-state index is 13.2. The van der Waals surface area contributed by atoms with E-state index in [4.69, 9.17) is 4.98 Å². The molecule has 0 unspecified atom stereocenters. The zero-order valence-electron chi connectivity index (χ0n) is 14.4. The van der Waals surface area contributed by atoms with Gasteiger partial charge in [-0.15, -0.1) is 0 Å². The van der Waals surface area contributed by atoms with Crippen LogP contribution in [0.5, 0.6) is 0 Å². The van der Waals surface area contributed by atoms with E-state index in [-0.39, 0.29) is 11.7 Å². The van der Waals surface area contributed by atoms with Gasteiger partial charge in [-0.1, -0.05) is 18.2 Å². The van der Waals surface area contributed by atoms with Crippen LogP contribution in [-0.2, 0) is 4.79 Å². The number of para-hydroxylation sites is 2. The molecule has 1 saturated heterocycles. The fraction of sp³-hybridized carbons (Fsp3) is 0.300. The van der Waals surface area contributed by atoms with Crippen molar-refractivity contribution < 1.29 is 9.18 Å². The minimum atomic E-state index is -0.352. The molecule has 5 nitrogen and oxygen atoms in total. The third-order valence-corrected chi connectivity index (χ3v) is 4.86. The molecule has 0 radical (unpaired) electrons.